The van der Waals surface area contributed by atoms with Gasteiger partial charge in [-0.25, -0.2) is 4.79 Å². The van der Waals surface area contributed by atoms with Crippen LogP contribution in [0.1, 0.15) is 33.3 Å². The van der Waals surface area contributed by atoms with Gasteiger partial charge in [0.15, 0.2) is 6.29 Å². The van der Waals surface area contributed by atoms with E-state index in [1.807, 2.05) is 81.9 Å². The second-order valence-corrected chi connectivity index (χ2v) is 8.37. The van der Waals surface area contributed by atoms with Crippen molar-refractivity contribution < 1.29 is 14.3 Å². The van der Waals surface area contributed by atoms with E-state index >= 15 is 0 Å². The van der Waals surface area contributed by atoms with Crippen molar-refractivity contribution in [2.75, 3.05) is 38.6 Å². The van der Waals surface area contributed by atoms with Gasteiger partial charge >= 0.3 is 6.09 Å². The number of anilines is 1. The van der Waals surface area contributed by atoms with E-state index in [0.717, 1.165) is 11.3 Å². The first-order valence-corrected chi connectivity index (χ1v) is 9.70. The van der Waals surface area contributed by atoms with Crippen LogP contribution in [0.4, 0.5) is 10.5 Å². The third kappa shape index (κ3) is 5.29. The standard InChI is InChI=1S/C22H30N4O3/c1-16-14-25(21(28)29-22(2,3)4)11-12-26(16)20(17(13-23)15-27)18-9-7-8-10-19(18)24(5)6/h7-10,15-16H,11-12,14H2,1-6H3/b20-17+. The van der Waals surface area contributed by atoms with Gasteiger partial charge in [-0.2, -0.15) is 5.26 Å². The highest BCUT2D eigenvalue weighted by Gasteiger charge is 2.33. The van der Waals surface area contributed by atoms with Crippen LogP contribution in [0.5, 0.6) is 0 Å². The summed E-state index contributed by atoms with van der Waals surface area (Å²) in [6.45, 7) is 8.89. The Morgan fingerprint density at radius 2 is 1.93 bits per heavy atom. The molecule has 0 aliphatic carbocycles. The van der Waals surface area contributed by atoms with Crippen molar-refractivity contribution in [2.45, 2.75) is 39.3 Å². The minimum atomic E-state index is -0.557. The van der Waals surface area contributed by atoms with Gasteiger partial charge in [0.1, 0.15) is 17.2 Å². The van der Waals surface area contributed by atoms with Crippen LogP contribution in [0.2, 0.25) is 0 Å². The molecule has 7 nitrogen and oxygen atoms in total. The molecular weight excluding hydrogens is 368 g/mol. The number of benzene rings is 1. The number of carbonyl (C=O) groups is 2. The molecule has 1 aliphatic heterocycles. The van der Waals surface area contributed by atoms with Crippen LogP contribution in [-0.4, -0.2) is 67.6 Å². The number of allylic oxidation sites excluding steroid dienone is 1. The summed E-state index contributed by atoms with van der Waals surface area (Å²) in [5.74, 6) is 0. The Kier molecular flexibility index (Phi) is 6.91. The number of rotatable bonds is 4. The second kappa shape index (κ2) is 8.99. The van der Waals surface area contributed by atoms with Crippen LogP contribution in [0.15, 0.2) is 29.8 Å². The van der Waals surface area contributed by atoms with E-state index in [1.165, 1.54) is 0 Å². The molecule has 0 aromatic heterocycles. The molecule has 156 valence electrons. The molecule has 0 spiro atoms. The van der Waals surface area contributed by atoms with Crippen LogP contribution in [-0.2, 0) is 9.53 Å². The molecule has 1 saturated heterocycles. The Hall–Kier alpha value is -3.01. The number of hydrogen-bond donors (Lipinski definition) is 0. The summed E-state index contributed by atoms with van der Waals surface area (Å²) in [6, 6.07) is 9.64. The zero-order chi connectivity index (χ0) is 21.8. The van der Waals surface area contributed by atoms with Crippen LogP contribution < -0.4 is 4.90 Å². The Bertz CT molecular complexity index is 833. The van der Waals surface area contributed by atoms with Crippen molar-refractivity contribution in [3.8, 4) is 6.07 Å². The zero-order valence-corrected chi connectivity index (χ0v) is 18.1. The van der Waals surface area contributed by atoms with Crippen LogP contribution in [0, 0.1) is 11.3 Å². The Labute approximate surface area is 173 Å². The summed E-state index contributed by atoms with van der Waals surface area (Å²) in [6.07, 6.45) is 0.258. The van der Waals surface area contributed by atoms with Gasteiger partial charge in [-0.05, 0) is 33.8 Å². The highest BCUT2D eigenvalue weighted by atomic mass is 16.6. The molecular formula is C22H30N4O3. The lowest BCUT2D eigenvalue weighted by molar-refractivity contribution is -0.104. The molecule has 0 radical (unpaired) electrons. The molecule has 0 saturated carbocycles. The summed E-state index contributed by atoms with van der Waals surface area (Å²) in [5, 5.41) is 9.61. The largest absolute Gasteiger partial charge is 0.444 e. The molecule has 1 atom stereocenters. The number of para-hydroxylation sites is 1. The van der Waals surface area contributed by atoms with E-state index in [2.05, 4.69) is 0 Å². The Morgan fingerprint density at radius 3 is 2.45 bits per heavy atom. The van der Waals surface area contributed by atoms with E-state index < -0.39 is 5.60 Å². The molecule has 29 heavy (non-hydrogen) atoms. The van der Waals surface area contributed by atoms with Crippen molar-refractivity contribution in [2.24, 2.45) is 0 Å². The van der Waals surface area contributed by atoms with Crippen molar-refractivity contribution in [1.29, 1.82) is 5.26 Å². The lowest BCUT2D eigenvalue weighted by Crippen LogP contribution is -2.53. The minimum absolute atomic E-state index is 0.0804. The van der Waals surface area contributed by atoms with E-state index in [4.69, 9.17) is 4.74 Å². The smallest absolute Gasteiger partial charge is 0.410 e. The fraction of sp³-hybridized carbons (Fsp3) is 0.500. The summed E-state index contributed by atoms with van der Waals surface area (Å²) in [7, 11) is 3.85. The maximum absolute atomic E-state index is 12.5. The quantitative estimate of drug-likeness (QED) is 0.441. The van der Waals surface area contributed by atoms with E-state index in [0.29, 0.717) is 31.6 Å². The van der Waals surface area contributed by atoms with Crippen LogP contribution in [0.25, 0.3) is 5.70 Å². The molecule has 1 aliphatic rings. The Morgan fingerprint density at radius 1 is 1.28 bits per heavy atom. The number of hydrogen-bond acceptors (Lipinski definition) is 6. The average Bonchev–Trinajstić information content (AvgIpc) is 2.65. The van der Waals surface area contributed by atoms with Gasteiger partial charge in [0, 0.05) is 51.0 Å². The van der Waals surface area contributed by atoms with Crippen LogP contribution >= 0.6 is 0 Å². The molecule has 1 aromatic rings. The average molecular weight is 399 g/mol. The van der Waals surface area contributed by atoms with E-state index in [9.17, 15) is 14.9 Å². The zero-order valence-electron chi connectivity index (χ0n) is 18.1. The molecule has 2 rings (SSSR count). The summed E-state index contributed by atoms with van der Waals surface area (Å²) >= 11 is 0. The predicted molar refractivity (Wildman–Crippen MR) is 113 cm³/mol. The lowest BCUT2D eigenvalue weighted by atomic mass is 10.0. The van der Waals surface area contributed by atoms with Crippen molar-refractivity contribution in [3.63, 3.8) is 0 Å². The van der Waals surface area contributed by atoms with E-state index in [-0.39, 0.29) is 17.7 Å². The van der Waals surface area contributed by atoms with Gasteiger partial charge in [0.05, 0.1) is 5.70 Å². The van der Waals surface area contributed by atoms with Gasteiger partial charge in [-0.3, -0.25) is 4.79 Å². The maximum atomic E-state index is 12.5. The highest BCUT2D eigenvalue weighted by molar-refractivity contribution is 5.94. The fourth-order valence-electron chi connectivity index (χ4n) is 3.44. The van der Waals surface area contributed by atoms with Gasteiger partial charge in [-0.15, -0.1) is 0 Å². The van der Waals surface area contributed by atoms with Crippen LogP contribution in [0.3, 0.4) is 0 Å². The number of piperazine rings is 1. The fourth-order valence-corrected chi connectivity index (χ4v) is 3.44. The first-order valence-electron chi connectivity index (χ1n) is 9.70. The third-order valence-electron chi connectivity index (χ3n) is 4.70. The number of carbonyl (C=O) groups excluding carboxylic acids is 2. The molecule has 1 heterocycles. The summed E-state index contributed by atoms with van der Waals surface area (Å²) < 4.78 is 5.49. The summed E-state index contributed by atoms with van der Waals surface area (Å²) in [4.78, 5) is 29.8. The molecule has 1 amide bonds. The third-order valence-corrected chi connectivity index (χ3v) is 4.70. The predicted octanol–water partition coefficient (Wildman–Crippen LogP) is 3.13. The molecule has 0 bridgehead atoms. The maximum Gasteiger partial charge on any atom is 0.410 e. The molecule has 7 heteroatoms. The molecule has 0 N–H and O–H groups in total. The Balaban J connectivity index is 2.39. The molecule has 1 fully saturated rings. The topological polar surface area (TPSA) is 76.9 Å². The number of ether oxygens (including phenoxy) is 1. The second-order valence-electron chi connectivity index (χ2n) is 8.37. The normalized spacial score (nSPS) is 17.9. The van der Waals surface area contributed by atoms with Crippen molar-refractivity contribution in [1.82, 2.24) is 9.80 Å². The summed E-state index contributed by atoms with van der Waals surface area (Å²) in [5.41, 5.74) is 1.86. The highest BCUT2D eigenvalue weighted by Crippen LogP contribution is 2.33. The first kappa shape index (κ1) is 22.3. The molecule has 1 aromatic carbocycles. The SMILES string of the molecule is CC1CN(C(=O)OC(C)(C)C)CCN1/C(=C(\C#N)C=O)c1ccccc1N(C)C. The number of nitrogens with zero attached hydrogens (tertiary/aromatic N) is 4. The number of amides is 1. The van der Waals surface area contributed by atoms with Gasteiger partial charge < -0.3 is 19.4 Å². The van der Waals surface area contributed by atoms with Crippen molar-refractivity contribution in [3.05, 3.63) is 35.4 Å². The number of nitriles is 1. The van der Waals surface area contributed by atoms with Gasteiger partial charge in [-0.1, -0.05) is 18.2 Å². The van der Waals surface area contributed by atoms with Crippen molar-refractivity contribution >= 4 is 23.8 Å². The first-order chi connectivity index (χ1) is 13.6. The van der Waals surface area contributed by atoms with Gasteiger partial charge in [0.2, 0.25) is 0 Å². The van der Waals surface area contributed by atoms with E-state index in [1.54, 1.807) is 4.90 Å². The van der Waals surface area contributed by atoms with Gasteiger partial charge in [0.25, 0.3) is 0 Å². The number of aldehydes is 1. The minimum Gasteiger partial charge on any atom is -0.444 e. The molecule has 1 unspecified atom stereocenters. The lowest BCUT2D eigenvalue weighted by Gasteiger charge is -2.43. The monoisotopic (exact) mass is 398 g/mol.